The van der Waals surface area contributed by atoms with E-state index in [9.17, 15) is 4.79 Å². The summed E-state index contributed by atoms with van der Waals surface area (Å²) in [6, 6.07) is 11.7. The average Bonchev–Trinajstić information content (AvgIpc) is 3.41. The van der Waals surface area contributed by atoms with Crippen LogP contribution in [0.5, 0.6) is 0 Å². The van der Waals surface area contributed by atoms with Crippen molar-refractivity contribution in [2.24, 2.45) is 4.99 Å². The highest BCUT2D eigenvalue weighted by Gasteiger charge is 2.09. The summed E-state index contributed by atoms with van der Waals surface area (Å²) in [5, 5.41) is 8.51. The fourth-order valence-corrected chi connectivity index (χ4v) is 3.40. The molecule has 2 heterocycles. The van der Waals surface area contributed by atoms with Gasteiger partial charge in [0.2, 0.25) is 5.89 Å². The van der Waals surface area contributed by atoms with Crippen molar-refractivity contribution >= 4 is 23.2 Å². The maximum Gasteiger partial charge on any atom is 0.253 e. The Morgan fingerprint density at radius 2 is 2.10 bits per heavy atom. The van der Waals surface area contributed by atoms with Gasteiger partial charge in [-0.2, -0.15) is 0 Å². The topological polar surface area (TPSA) is 82.8 Å². The van der Waals surface area contributed by atoms with E-state index in [2.05, 4.69) is 20.6 Å². The van der Waals surface area contributed by atoms with Gasteiger partial charge >= 0.3 is 0 Å². The Balaban J connectivity index is 1.48. The Kier molecular flexibility index (Phi) is 7.02. The number of nitrogens with one attached hydrogen (secondary N) is 2. The summed E-state index contributed by atoms with van der Waals surface area (Å²) < 4.78 is 5.53. The Labute approximate surface area is 174 Å². The smallest absolute Gasteiger partial charge is 0.253 e. The van der Waals surface area contributed by atoms with Crippen LogP contribution >= 0.6 is 11.3 Å². The normalized spacial score (nSPS) is 11.3. The molecule has 2 N–H and O–H groups in total. The summed E-state index contributed by atoms with van der Waals surface area (Å²) in [5.74, 6) is 1.32. The highest BCUT2D eigenvalue weighted by molar-refractivity contribution is 7.13. The van der Waals surface area contributed by atoms with Crippen LogP contribution in [-0.4, -0.2) is 49.4 Å². The van der Waals surface area contributed by atoms with Crippen LogP contribution in [0.4, 0.5) is 0 Å². The molecule has 0 aliphatic carbocycles. The van der Waals surface area contributed by atoms with E-state index in [0.717, 1.165) is 22.6 Å². The van der Waals surface area contributed by atoms with Gasteiger partial charge in [0.25, 0.3) is 5.91 Å². The number of carbonyl (C=O) groups excluding carboxylic acids is 1. The van der Waals surface area contributed by atoms with Gasteiger partial charge in [0.05, 0.1) is 17.1 Å². The van der Waals surface area contributed by atoms with Crippen molar-refractivity contribution < 1.29 is 9.21 Å². The van der Waals surface area contributed by atoms with Crippen LogP contribution in [0.15, 0.2) is 57.5 Å². The van der Waals surface area contributed by atoms with Gasteiger partial charge in [-0.25, -0.2) is 4.98 Å². The summed E-state index contributed by atoms with van der Waals surface area (Å²) in [6.45, 7) is 1.21. The molecule has 0 atom stereocenters. The number of aliphatic imine (C=N–C) groups is 1. The Bertz CT molecular complexity index is 963. The average molecular weight is 412 g/mol. The molecular weight excluding hydrogens is 386 g/mol. The standard InChI is InChI=1S/C21H25N5O2S/c1-22-21(24-13-17-14-28-19(25-17)18-8-5-11-29-18)23-10-9-15-6-4-7-16(12-15)20(27)26(2)3/h4-8,11-12,14H,9-10,13H2,1-3H3,(H2,22,23,24). The van der Waals surface area contributed by atoms with Gasteiger partial charge in [-0.05, 0) is 35.6 Å². The predicted octanol–water partition coefficient (Wildman–Crippen LogP) is 3.01. The number of guanidine groups is 1. The van der Waals surface area contributed by atoms with Crippen LogP contribution in [0, 0.1) is 0 Å². The number of oxazole rings is 1. The lowest BCUT2D eigenvalue weighted by atomic mass is 10.1. The largest absolute Gasteiger partial charge is 0.443 e. The van der Waals surface area contributed by atoms with Crippen molar-refractivity contribution in [1.29, 1.82) is 0 Å². The number of aromatic nitrogens is 1. The second-order valence-electron chi connectivity index (χ2n) is 6.62. The van der Waals surface area contributed by atoms with Gasteiger partial charge in [-0.15, -0.1) is 11.3 Å². The summed E-state index contributed by atoms with van der Waals surface area (Å²) in [7, 11) is 5.24. The van der Waals surface area contributed by atoms with Gasteiger partial charge in [0, 0.05) is 33.3 Å². The van der Waals surface area contributed by atoms with Crippen LogP contribution in [0.25, 0.3) is 10.8 Å². The molecule has 3 rings (SSSR count). The number of hydrogen-bond acceptors (Lipinski definition) is 5. The Morgan fingerprint density at radius 1 is 1.24 bits per heavy atom. The number of benzene rings is 1. The molecular formula is C21H25N5O2S. The molecule has 0 unspecified atom stereocenters. The molecule has 0 aliphatic heterocycles. The molecule has 0 aliphatic rings. The summed E-state index contributed by atoms with van der Waals surface area (Å²) in [5.41, 5.74) is 2.60. The van der Waals surface area contributed by atoms with Crippen molar-refractivity contribution in [3.05, 3.63) is 64.9 Å². The lowest BCUT2D eigenvalue weighted by Gasteiger charge is -2.12. The van der Waals surface area contributed by atoms with Crippen molar-refractivity contribution in [2.75, 3.05) is 27.7 Å². The van der Waals surface area contributed by atoms with Crippen molar-refractivity contribution in [3.63, 3.8) is 0 Å². The van der Waals surface area contributed by atoms with E-state index in [1.807, 2.05) is 41.8 Å². The van der Waals surface area contributed by atoms with Crippen molar-refractivity contribution in [2.45, 2.75) is 13.0 Å². The zero-order valence-corrected chi connectivity index (χ0v) is 17.6. The first kappa shape index (κ1) is 20.6. The zero-order chi connectivity index (χ0) is 20.6. The van der Waals surface area contributed by atoms with E-state index < -0.39 is 0 Å². The molecule has 0 saturated carbocycles. The molecule has 0 bridgehead atoms. The van der Waals surface area contributed by atoms with Crippen LogP contribution in [-0.2, 0) is 13.0 Å². The quantitative estimate of drug-likeness (QED) is 0.461. The molecule has 2 aromatic heterocycles. The highest BCUT2D eigenvalue weighted by Crippen LogP contribution is 2.23. The van der Waals surface area contributed by atoms with Crippen LogP contribution in [0.1, 0.15) is 21.6 Å². The number of carbonyl (C=O) groups is 1. The molecule has 1 aromatic carbocycles. The van der Waals surface area contributed by atoms with E-state index in [1.54, 1.807) is 43.6 Å². The molecule has 29 heavy (non-hydrogen) atoms. The lowest BCUT2D eigenvalue weighted by molar-refractivity contribution is 0.0827. The third-order valence-corrected chi connectivity index (χ3v) is 5.09. The first-order chi connectivity index (χ1) is 14.1. The maximum atomic E-state index is 12.1. The van der Waals surface area contributed by atoms with Gasteiger partial charge in [0.15, 0.2) is 5.96 Å². The van der Waals surface area contributed by atoms with Crippen LogP contribution in [0.3, 0.4) is 0 Å². The van der Waals surface area contributed by atoms with E-state index in [-0.39, 0.29) is 5.91 Å². The maximum absolute atomic E-state index is 12.1. The third kappa shape index (κ3) is 5.68. The molecule has 0 fully saturated rings. The molecule has 1 amide bonds. The van der Waals surface area contributed by atoms with E-state index >= 15 is 0 Å². The van der Waals surface area contributed by atoms with Crippen LogP contribution in [0.2, 0.25) is 0 Å². The SMILES string of the molecule is CN=C(NCCc1cccc(C(=O)N(C)C)c1)NCc1coc(-c2cccs2)n1. The molecule has 152 valence electrons. The van der Waals surface area contributed by atoms with E-state index in [4.69, 9.17) is 4.42 Å². The monoisotopic (exact) mass is 411 g/mol. The molecule has 0 spiro atoms. The predicted molar refractivity (Wildman–Crippen MR) is 116 cm³/mol. The van der Waals surface area contributed by atoms with Crippen molar-refractivity contribution in [3.8, 4) is 10.8 Å². The zero-order valence-electron chi connectivity index (χ0n) is 16.8. The number of nitrogens with zero attached hydrogens (tertiary/aromatic N) is 3. The van der Waals surface area contributed by atoms with E-state index in [1.165, 1.54) is 0 Å². The molecule has 0 radical (unpaired) electrons. The van der Waals surface area contributed by atoms with Gasteiger partial charge in [-0.3, -0.25) is 9.79 Å². The third-order valence-electron chi connectivity index (χ3n) is 4.23. The number of thiophene rings is 1. The number of hydrogen-bond donors (Lipinski definition) is 2. The number of rotatable bonds is 7. The minimum Gasteiger partial charge on any atom is -0.443 e. The molecule has 3 aromatic rings. The fourth-order valence-electron chi connectivity index (χ4n) is 2.74. The van der Waals surface area contributed by atoms with Gasteiger partial charge in [0.1, 0.15) is 6.26 Å². The van der Waals surface area contributed by atoms with Crippen LogP contribution < -0.4 is 10.6 Å². The summed E-state index contributed by atoms with van der Waals surface area (Å²) in [4.78, 5) is 23.4. The number of amides is 1. The Hall–Kier alpha value is -3.13. The van der Waals surface area contributed by atoms with Gasteiger partial charge < -0.3 is 20.0 Å². The first-order valence-corrected chi connectivity index (χ1v) is 10.2. The summed E-state index contributed by atoms with van der Waals surface area (Å²) >= 11 is 1.59. The molecule has 0 saturated heterocycles. The summed E-state index contributed by atoms with van der Waals surface area (Å²) in [6.07, 6.45) is 2.43. The van der Waals surface area contributed by atoms with Gasteiger partial charge in [-0.1, -0.05) is 18.2 Å². The molecule has 7 nitrogen and oxygen atoms in total. The minimum atomic E-state index is 0.00631. The minimum absolute atomic E-state index is 0.00631. The second kappa shape index (κ2) is 9.88. The Morgan fingerprint density at radius 3 is 2.83 bits per heavy atom. The molecule has 8 heteroatoms. The first-order valence-electron chi connectivity index (χ1n) is 9.30. The lowest BCUT2D eigenvalue weighted by Crippen LogP contribution is -2.37. The highest BCUT2D eigenvalue weighted by atomic mass is 32.1. The fraction of sp³-hybridized carbons (Fsp3) is 0.286. The van der Waals surface area contributed by atoms with Crippen molar-refractivity contribution in [1.82, 2.24) is 20.5 Å². The second-order valence-corrected chi connectivity index (χ2v) is 7.57. The van der Waals surface area contributed by atoms with E-state index in [0.29, 0.717) is 30.5 Å².